The van der Waals surface area contributed by atoms with E-state index in [9.17, 15) is 9.59 Å². The largest absolute Gasteiger partial charge is 0.490 e. The maximum Gasteiger partial charge on any atom is 0.293 e. The van der Waals surface area contributed by atoms with Crippen LogP contribution in [0.5, 0.6) is 11.5 Å². The van der Waals surface area contributed by atoms with Crippen LogP contribution >= 0.6 is 35.0 Å². The fourth-order valence-corrected chi connectivity index (χ4v) is 4.39. The molecule has 0 bridgehead atoms. The number of hydrogen-bond acceptors (Lipinski definition) is 5. The minimum atomic E-state index is -0.328. The normalized spacial score (nSPS) is 14.7. The van der Waals surface area contributed by atoms with E-state index in [0.717, 1.165) is 28.5 Å². The lowest BCUT2D eigenvalue weighted by Crippen LogP contribution is -2.27. The van der Waals surface area contributed by atoms with Crippen LogP contribution in [0.2, 0.25) is 10.0 Å². The van der Waals surface area contributed by atoms with E-state index in [1.807, 2.05) is 37.3 Å². The van der Waals surface area contributed by atoms with Crippen molar-refractivity contribution in [3.8, 4) is 11.5 Å². The second-order valence-electron chi connectivity index (χ2n) is 7.45. The highest BCUT2D eigenvalue weighted by atomic mass is 35.5. The Labute approximate surface area is 212 Å². The summed E-state index contributed by atoms with van der Waals surface area (Å²) in [6, 6.07) is 19.9. The first-order valence-corrected chi connectivity index (χ1v) is 12.1. The summed E-state index contributed by atoms with van der Waals surface area (Å²) in [7, 11) is 0. The average molecular weight is 514 g/mol. The minimum absolute atomic E-state index is 0.195. The molecule has 0 atom stereocenters. The summed E-state index contributed by atoms with van der Waals surface area (Å²) in [5.41, 5.74) is 2.54. The number of rotatable bonds is 8. The summed E-state index contributed by atoms with van der Waals surface area (Å²) in [4.78, 5) is 26.9. The van der Waals surface area contributed by atoms with Crippen molar-refractivity contribution in [3.05, 3.63) is 98.4 Å². The number of thioether (sulfide) groups is 1. The second-order valence-corrected chi connectivity index (χ2v) is 9.31. The van der Waals surface area contributed by atoms with E-state index in [-0.39, 0.29) is 17.7 Å². The van der Waals surface area contributed by atoms with Crippen LogP contribution in [0.1, 0.15) is 23.6 Å². The van der Waals surface area contributed by atoms with E-state index in [4.69, 9.17) is 32.7 Å². The van der Waals surface area contributed by atoms with Gasteiger partial charge >= 0.3 is 0 Å². The Morgan fingerprint density at radius 3 is 2.15 bits per heavy atom. The van der Waals surface area contributed by atoms with E-state index < -0.39 is 0 Å². The van der Waals surface area contributed by atoms with Gasteiger partial charge in [-0.05, 0) is 77.9 Å². The Bertz CT molecular complexity index is 1230. The zero-order valence-corrected chi connectivity index (χ0v) is 20.6. The fourth-order valence-electron chi connectivity index (χ4n) is 3.30. The molecule has 1 saturated heterocycles. The van der Waals surface area contributed by atoms with Crippen molar-refractivity contribution in [1.29, 1.82) is 0 Å². The van der Waals surface area contributed by atoms with Gasteiger partial charge in [0.2, 0.25) is 0 Å². The number of amides is 2. The summed E-state index contributed by atoms with van der Waals surface area (Å²) in [5, 5.41) is 0.961. The molecule has 1 aliphatic rings. The van der Waals surface area contributed by atoms with Gasteiger partial charge in [0.1, 0.15) is 6.61 Å². The highest BCUT2D eigenvalue weighted by Gasteiger charge is 2.35. The number of benzene rings is 3. The van der Waals surface area contributed by atoms with Crippen molar-refractivity contribution in [2.24, 2.45) is 0 Å². The molecule has 8 heteroatoms. The maximum atomic E-state index is 12.9. The van der Waals surface area contributed by atoms with E-state index in [0.29, 0.717) is 39.7 Å². The van der Waals surface area contributed by atoms with Crippen molar-refractivity contribution in [2.75, 3.05) is 6.61 Å². The minimum Gasteiger partial charge on any atom is -0.490 e. The van der Waals surface area contributed by atoms with Gasteiger partial charge in [0.15, 0.2) is 11.5 Å². The van der Waals surface area contributed by atoms with Crippen molar-refractivity contribution in [2.45, 2.75) is 20.1 Å². The van der Waals surface area contributed by atoms with Crippen LogP contribution in [-0.2, 0) is 17.9 Å². The van der Waals surface area contributed by atoms with Gasteiger partial charge in [-0.1, -0.05) is 53.5 Å². The molecular weight excluding hydrogens is 493 g/mol. The smallest absolute Gasteiger partial charge is 0.293 e. The summed E-state index contributed by atoms with van der Waals surface area (Å²) in [6.07, 6.45) is 1.69. The van der Waals surface area contributed by atoms with Crippen molar-refractivity contribution in [3.63, 3.8) is 0 Å². The van der Waals surface area contributed by atoms with E-state index in [2.05, 4.69) is 0 Å². The summed E-state index contributed by atoms with van der Waals surface area (Å²) in [6.45, 7) is 2.90. The number of hydrogen-bond donors (Lipinski definition) is 0. The van der Waals surface area contributed by atoms with Gasteiger partial charge in [-0.3, -0.25) is 14.5 Å². The predicted molar refractivity (Wildman–Crippen MR) is 136 cm³/mol. The maximum absolute atomic E-state index is 12.9. The predicted octanol–water partition coefficient (Wildman–Crippen LogP) is 7.21. The molecule has 0 radical (unpaired) electrons. The lowest BCUT2D eigenvalue weighted by atomic mass is 10.1. The molecule has 1 heterocycles. The van der Waals surface area contributed by atoms with Gasteiger partial charge in [0.05, 0.1) is 18.1 Å². The molecule has 0 aliphatic carbocycles. The summed E-state index contributed by atoms with van der Waals surface area (Å²) in [5.74, 6) is 0.821. The first-order valence-electron chi connectivity index (χ1n) is 10.6. The van der Waals surface area contributed by atoms with Crippen molar-refractivity contribution in [1.82, 2.24) is 4.90 Å². The number of halogens is 2. The highest BCUT2D eigenvalue weighted by Crippen LogP contribution is 2.35. The van der Waals surface area contributed by atoms with Gasteiger partial charge in [-0.2, -0.15) is 0 Å². The highest BCUT2D eigenvalue weighted by molar-refractivity contribution is 8.18. The Morgan fingerprint density at radius 1 is 0.853 bits per heavy atom. The molecule has 3 aromatic carbocycles. The monoisotopic (exact) mass is 513 g/mol. The fraction of sp³-hybridized carbons (Fsp3) is 0.154. The van der Waals surface area contributed by atoms with E-state index >= 15 is 0 Å². The first kappa shape index (κ1) is 24.2. The number of imide groups is 1. The zero-order valence-electron chi connectivity index (χ0n) is 18.3. The lowest BCUT2D eigenvalue weighted by Gasteiger charge is -2.13. The molecule has 34 heavy (non-hydrogen) atoms. The molecule has 3 aromatic rings. The van der Waals surface area contributed by atoms with Crippen LogP contribution in [0.15, 0.2) is 71.6 Å². The quantitative estimate of drug-likeness (QED) is 0.298. The molecule has 5 nitrogen and oxygen atoms in total. The first-order chi connectivity index (χ1) is 16.4. The molecule has 4 rings (SSSR count). The molecule has 0 aromatic heterocycles. The van der Waals surface area contributed by atoms with Crippen LogP contribution < -0.4 is 9.47 Å². The number of nitrogens with zero attached hydrogens (tertiary/aromatic N) is 1. The van der Waals surface area contributed by atoms with Gasteiger partial charge in [0, 0.05) is 10.0 Å². The molecule has 0 N–H and O–H groups in total. The van der Waals surface area contributed by atoms with Crippen molar-refractivity contribution < 1.29 is 19.1 Å². The zero-order chi connectivity index (χ0) is 24.1. The molecule has 1 aliphatic heterocycles. The van der Waals surface area contributed by atoms with Gasteiger partial charge in [-0.25, -0.2) is 0 Å². The van der Waals surface area contributed by atoms with Crippen LogP contribution in [0.4, 0.5) is 4.79 Å². The van der Waals surface area contributed by atoms with Gasteiger partial charge in [-0.15, -0.1) is 0 Å². The molecule has 2 amide bonds. The Hall–Kier alpha value is -2.93. The molecule has 0 unspecified atom stereocenters. The topological polar surface area (TPSA) is 55.8 Å². The van der Waals surface area contributed by atoms with Crippen LogP contribution in [-0.4, -0.2) is 22.7 Å². The van der Waals surface area contributed by atoms with Crippen LogP contribution in [0, 0.1) is 0 Å². The van der Waals surface area contributed by atoms with E-state index in [1.165, 1.54) is 4.90 Å². The second kappa shape index (κ2) is 11.0. The van der Waals surface area contributed by atoms with E-state index in [1.54, 1.807) is 42.5 Å². The Morgan fingerprint density at radius 2 is 1.50 bits per heavy atom. The Kier molecular flexibility index (Phi) is 7.83. The third-order valence-electron chi connectivity index (χ3n) is 5.00. The van der Waals surface area contributed by atoms with Gasteiger partial charge in [0.25, 0.3) is 11.1 Å². The summed E-state index contributed by atoms with van der Waals surface area (Å²) >= 11 is 12.8. The van der Waals surface area contributed by atoms with Crippen molar-refractivity contribution >= 4 is 52.2 Å². The average Bonchev–Trinajstić information content (AvgIpc) is 3.08. The third-order valence-corrected chi connectivity index (χ3v) is 6.41. The molecule has 174 valence electrons. The van der Waals surface area contributed by atoms with Crippen LogP contribution in [0.25, 0.3) is 6.08 Å². The molecular formula is C26H21Cl2NO4S. The standard InChI is InChI=1S/C26H21Cl2NO4S/c1-2-32-23-13-19(7-12-22(23)33-16-18-5-10-21(28)11-6-18)14-24-25(30)29(26(31)34-24)15-17-3-8-20(27)9-4-17/h3-14H,2,15-16H2,1H3. The number of carbonyl (C=O) groups excluding carboxylic acids is 2. The van der Waals surface area contributed by atoms with Crippen LogP contribution in [0.3, 0.4) is 0 Å². The summed E-state index contributed by atoms with van der Waals surface area (Å²) < 4.78 is 11.7. The number of carbonyl (C=O) groups is 2. The molecule has 0 saturated carbocycles. The number of ether oxygens (including phenoxy) is 2. The van der Waals surface area contributed by atoms with Gasteiger partial charge < -0.3 is 9.47 Å². The SMILES string of the molecule is CCOc1cc(C=C2SC(=O)N(Cc3ccc(Cl)cc3)C2=O)ccc1OCc1ccc(Cl)cc1. The third kappa shape index (κ3) is 5.95. The lowest BCUT2D eigenvalue weighted by molar-refractivity contribution is -0.123. The molecule has 1 fully saturated rings. The Balaban J connectivity index is 1.49. The molecule has 0 spiro atoms.